The first-order valence-electron chi connectivity index (χ1n) is 7.12. The average Bonchev–Trinajstić information content (AvgIpc) is 2.87. The van der Waals surface area contributed by atoms with E-state index in [4.69, 9.17) is 0 Å². The van der Waals surface area contributed by atoms with Crippen molar-refractivity contribution in [2.45, 2.75) is 53.8 Å². The first-order valence-corrected chi connectivity index (χ1v) is 7.12. The van der Waals surface area contributed by atoms with Crippen LogP contribution in [0.3, 0.4) is 0 Å². The molecular formula is C15H25N5. The van der Waals surface area contributed by atoms with Gasteiger partial charge in [0, 0.05) is 43.1 Å². The predicted molar refractivity (Wildman–Crippen MR) is 80.4 cm³/mol. The zero-order chi connectivity index (χ0) is 14.9. The average molecular weight is 275 g/mol. The number of nitrogens with one attached hydrogen (secondary N) is 1. The minimum Gasteiger partial charge on any atom is -0.348 e. The molecule has 0 amide bonds. The highest BCUT2D eigenvalue weighted by Crippen LogP contribution is 2.18. The van der Waals surface area contributed by atoms with Crippen LogP contribution in [-0.4, -0.2) is 30.7 Å². The molecule has 2 aromatic heterocycles. The summed E-state index contributed by atoms with van der Waals surface area (Å²) in [5.41, 5.74) is 5.96. The lowest BCUT2D eigenvalue weighted by molar-refractivity contribution is 0.200. The Bertz CT molecular complexity index is 579. The van der Waals surface area contributed by atoms with E-state index in [2.05, 4.69) is 54.6 Å². The summed E-state index contributed by atoms with van der Waals surface area (Å²) in [5.74, 6) is 0. The molecule has 0 spiro atoms. The van der Waals surface area contributed by atoms with Crippen LogP contribution < -0.4 is 0 Å². The summed E-state index contributed by atoms with van der Waals surface area (Å²) in [5, 5.41) is 4.51. The molecule has 1 N–H and O–H groups in total. The minimum absolute atomic E-state index is 0.463. The van der Waals surface area contributed by atoms with E-state index in [1.54, 1.807) is 6.33 Å². The van der Waals surface area contributed by atoms with Crippen molar-refractivity contribution in [2.75, 3.05) is 0 Å². The lowest BCUT2D eigenvalue weighted by Gasteiger charge is -2.26. The van der Waals surface area contributed by atoms with E-state index in [1.807, 2.05) is 11.7 Å². The molecule has 20 heavy (non-hydrogen) atoms. The maximum absolute atomic E-state index is 4.51. The Labute approximate surface area is 121 Å². The second kappa shape index (κ2) is 5.79. The second-order valence-electron chi connectivity index (χ2n) is 5.75. The molecule has 0 fully saturated rings. The van der Waals surface area contributed by atoms with E-state index >= 15 is 0 Å². The number of H-pyrrole nitrogens is 1. The Morgan fingerprint density at radius 2 is 1.95 bits per heavy atom. The Balaban J connectivity index is 2.20. The maximum atomic E-state index is 4.51. The standard InChI is InChI=1S/C15H25N5/c1-10(2)20(8-15-12(4)16-9-17-15)7-14-11(3)18-19(6)13(14)5/h9-10H,7-8H2,1-6H3,(H,16,17). The first kappa shape index (κ1) is 14.8. The van der Waals surface area contributed by atoms with Crippen LogP contribution in [0.2, 0.25) is 0 Å². The molecule has 5 nitrogen and oxygen atoms in total. The quantitative estimate of drug-likeness (QED) is 0.912. The molecule has 0 aliphatic carbocycles. The molecule has 0 aliphatic heterocycles. The van der Waals surface area contributed by atoms with Crippen LogP contribution in [0.15, 0.2) is 6.33 Å². The molecule has 0 saturated carbocycles. The molecule has 2 heterocycles. The molecular weight excluding hydrogens is 250 g/mol. The number of hydrogen-bond acceptors (Lipinski definition) is 3. The van der Waals surface area contributed by atoms with Crippen LogP contribution in [-0.2, 0) is 20.1 Å². The van der Waals surface area contributed by atoms with Crippen LogP contribution in [0.1, 0.15) is 42.2 Å². The number of rotatable bonds is 5. The van der Waals surface area contributed by atoms with E-state index in [9.17, 15) is 0 Å². The molecule has 2 rings (SSSR count). The summed E-state index contributed by atoms with van der Waals surface area (Å²) in [6.07, 6.45) is 1.77. The molecule has 0 bridgehead atoms. The zero-order valence-electron chi connectivity index (χ0n) is 13.4. The number of aromatic amines is 1. The molecule has 5 heteroatoms. The molecule has 0 radical (unpaired) electrons. The molecule has 0 aromatic carbocycles. The van der Waals surface area contributed by atoms with Gasteiger partial charge in [-0.1, -0.05) is 0 Å². The number of hydrogen-bond donors (Lipinski definition) is 1. The number of aromatic nitrogens is 4. The van der Waals surface area contributed by atoms with Crippen LogP contribution >= 0.6 is 0 Å². The highest BCUT2D eigenvalue weighted by Gasteiger charge is 2.18. The third-order valence-corrected chi connectivity index (χ3v) is 4.04. The zero-order valence-corrected chi connectivity index (χ0v) is 13.4. The van der Waals surface area contributed by atoms with Crippen molar-refractivity contribution < 1.29 is 0 Å². The highest BCUT2D eigenvalue weighted by molar-refractivity contribution is 5.24. The summed E-state index contributed by atoms with van der Waals surface area (Å²) in [4.78, 5) is 9.99. The fourth-order valence-corrected chi connectivity index (χ4v) is 2.41. The van der Waals surface area contributed by atoms with E-state index in [0.29, 0.717) is 6.04 Å². The van der Waals surface area contributed by atoms with Crippen LogP contribution in [0.4, 0.5) is 0 Å². The van der Waals surface area contributed by atoms with E-state index in [1.165, 1.54) is 11.3 Å². The fourth-order valence-electron chi connectivity index (χ4n) is 2.41. The van der Waals surface area contributed by atoms with Gasteiger partial charge in [-0.25, -0.2) is 4.98 Å². The van der Waals surface area contributed by atoms with E-state index in [-0.39, 0.29) is 0 Å². The van der Waals surface area contributed by atoms with Gasteiger partial charge < -0.3 is 4.98 Å². The summed E-state index contributed by atoms with van der Waals surface area (Å²) in [6, 6.07) is 0.463. The fraction of sp³-hybridized carbons (Fsp3) is 0.600. The summed E-state index contributed by atoms with van der Waals surface area (Å²) in [7, 11) is 2.00. The van der Waals surface area contributed by atoms with Gasteiger partial charge in [-0.2, -0.15) is 5.10 Å². The topological polar surface area (TPSA) is 49.7 Å². The Morgan fingerprint density at radius 1 is 1.25 bits per heavy atom. The van der Waals surface area contributed by atoms with Gasteiger partial charge in [0.1, 0.15) is 0 Å². The smallest absolute Gasteiger partial charge is 0.0925 e. The monoisotopic (exact) mass is 275 g/mol. The van der Waals surface area contributed by atoms with Gasteiger partial charge in [-0.3, -0.25) is 9.58 Å². The third kappa shape index (κ3) is 2.93. The van der Waals surface area contributed by atoms with Gasteiger partial charge in [0.15, 0.2) is 0 Å². The summed E-state index contributed by atoms with van der Waals surface area (Å²) in [6.45, 7) is 12.5. The van der Waals surface area contributed by atoms with Crippen molar-refractivity contribution in [3.63, 3.8) is 0 Å². The Morgan fingerprint density at radius 3 is 2.40 bits per heavy atom. The Hall–Kier alpha value is -1.62. The predicted octanol–water partition coefficient (Wildman–Crippen LogP) is 2.48. The lowest BCUT2D eigenvalue weighted by Crippen LogP contribution is -2.30. The lowest BCUT2D eigenvalue weighted by atomic mass is 10.1. The SMILES string of the molecule is Cc1nn(C)c(C)c1CN(Cc1nc[nH]c1C)C(C)C. The van der Waals surface area contributed by atoms with Gasteiger partial charge >= 0.3 is 0 Å². The Kier molecular flexibility index (Phi) is 4.28. The largest absolute Gasteiger partial charge is 0.348 e. The minimum atomic E-state index is 0.463. The van der Waals surface area contributed by atoms with Gasteiger partial charge in [0.25, 0.3) is 0 Å². The van der Waals surface area contributed by atoms with Crippen molar-refractivity contribution in [1.29, 1.82) is 0 Å². The summed E-state index contributed by atoms with van der Waals surface area (Å²) >= 11 is 0. The van der Waals surface area contributed by atoms with Crippen molar-refractivity contribution >= 4 is 0 Å². The summed E-state index contributed by atoms with van der Waals surface area (Å²) < 4.78 is 1.96. The molecule has 0 unspecified atom stereocenters. The van der Waals surface area contributed by atoms with Gasteiger partial charge in [-0.15, -0.1) is 0 Å². The first-order chi connectivity index (χ1) is 9.40. The van der Waals surface area contributed by atoms with E-state index < -0.39 is 0 Å². The second-order valence-corrected chi connectivity index (χ2v) is 5.75. The van der Waals surface area contributed by atoms with Crippen LogP contribution in [0, 0.1) is 20.8 Å². The van der Waals surface area contributed by atoms with Gasteiger partial charge in [0.2, 0.25) is 0 Å². The number of nitrogens with zero attached hydrogens (tertiary/aromatic N) is 4. The number of imidazole rings is 1. The van der Waals surface area contributed by atoms with Crippen molar-refractivity contribution in [3.05, 3.63) is 34.7 Å². The number of aryl methyl sites for hydroxylation is 3. The molecule has 110 valence electrons. The normalized spacial score (nSPS) is 11.8. The van der Waals surface area contributed by atoms with Gasteiger partial charge in [-0.05, 0) is 34.6 Å². The van der Waals surface area contributed by atoms with Crippen LogP contribution in [0.25, 0.3) is 0 Å². The molecule has 2 aromatic rings. The highest BCUT2D eigenvalue weighted by atomic mass is 15.3. The van der Waals surface area contributed by atoms with Gasteiger partial charge in [0.05, 0.1) is 17.7 Å². The van der Waals surface area contributed by atoms with Crippen LogP contribution in [0.5, 0.6) is 0 Å². The van der Waals surface area contributed by atoms with Crippen molar-refractivity contribution in [1.82, 2.24) is 24.6 Å². The molecule has 0 atom stereocenters. The third-order valence-electron chi connectivity index (χ3n) is 4.04. The maximum Gasteiger partial charge on any atom is 0.0925 e. The molecule has 0 saturated heterocycles. The van der Waals surface area contributed by atoms with Crippen molar-refractivity contribution in [3.8, 4) is 0 Å². The molecule has 0 aliphatic rings. The van der Waals surface area contributed by atoms with Crippen molar-refractivity contribution in [2.24, 2.45) is 7.05 Å². The van der Waals surface area contributed by atoms with E-state index in [0.717, 1.165) is 30.2 Å².